The van der Waals surface area contributed by atoms with Crippen molar-refractivity contribution in [2.24, 2.45) is 0 Å². The molecule has 0 unspecified atom stereocenters. The van der Waals surface area contributed by atoms with Crippen LogP contribution in [-0.4, -0.2) is 13.2 Å². The van der Waals surface area contributed by atoms with Gasteiger partial charge in [-0.3, -0.25) is 0 Å². The molecule has 102 valence electrons. The van der Waals surface area contributed by atoms with Gasteiger partial charge in [0, 0.05) is 12.2 Å². The summed E-state index contributed by atoms with van der Waals surface area (Å²) in [7, 11) is 0. The lowest BCUT2D eigenvalue weighted by atomic mass is 10.2. The van der Waals surface area contributed by atoms with Crippen molar-refractivity contribution in [1.29, 1.82) is 5.26 Å². The molecule has 0 aliphatic carbocycles. The van der Waals surface area contributed by atoms with Gasteiger partial charge in [-0.1, -0.05) is 6.07 Å². The summed E-state index contributed by atoms with van der Waals surface area (Å²) in [5.74, 6) is 0.397. The third-order valence-corrected chi connectivity index (χ3v) is 2.72. The van der Waals surface area contributed by atoms with Gasteiger partial charge in [0.15, 0.2) is 0 Å². The molecule has 2 aromatic rings. The van der Waals surface area contributed by atoms with E-state index >= 15 is 0 Å². The largest absolute Gasteiger partial charge is 0.494 e. The Hall–Kier alpha value is -2.54. The van der Waals surface area contributed by atoms with E-state index in [1.54, 1.807) is 24.3 Å². The van der Waals surface area contributed by atoms with E-state index in [1.165, 1.54) is 12.1 Å². The summed E-state index contributed by atoms with van der Waals surface area (Å²) in [6.45, 7) is 1.30. The van der Waals surface area contributed by atoms with Crippen LogP contribution in [0.2, 0.25) is 0 Å². The highest BCUT2D eigenvalue weighted by molar-refractivity contribution is 5.48. The third kappa shape index (κ3) is 4.29. The molecule has 0 spiro atoms. The molecular weight excluding hydrogens is 255 g/mol. The topological polar surface area (TPSA) is 45.0 Å². The van der Waals surface area contributed by atoms with Gasteiger partial charge in [0.05, 0.1) is 18.2 Å². The Balaban J connectivity index is 1.69. The third-order valence-electron chi connectivity index (χ3n) is 2.72. The van der Waals surface area contributed by atoms with Crippen molar-refractivity contribution in [3.63, 3.8) is 0 Å². The van der Waals surface area contributed by atoms with Crippen LogP contribution in [0.4, 0.5) is 10.1 Å². The normalized spacial score (nSPS) is 9.80. The minimum absolute atomic E-state index is 0.267. The van der Waals surface area contributed by atoms with Crippen LogP contribution in [0.5, 0.6) is 5.75 Å². The second kappa shape index (κ2) is 7.15. The molecule has 1 N–H and O–H groups in total. The molecule has 2 rings (SSSR count). The molecule has 4 heteroatoms. The van der Waals surface area contributed by atoms with Gasteiger partial charge in [0.2, 0.25) is 0 Å². The van der Waals surface area contributed by atoms with E-state index < -0.39 is 0 Å². The van der Waals surface area contributed by atoms with Gasteiger partial charge in [-0.2, -0.15) is 5.26 Å². The van der Waals surface area contributed by atoms with Gasteiger partial charge < -0.3 is 10.1 Å². The standard InChI is InChI=1S/C16H15FN2O/c17-14-5-7-16(8-6-14)20-10-2-9-19-15-4-1-3-13(11-15)12-18/h1,3-8,11,19H,2,9-10H2. The summed E-state index contributed by atoms with van der Waals surface area (Å²) < 4.78 is 18.2. The fourth-order valence-corrected chi connectivity index (χ4v) is 1.72. The fraction of sp³-hybridized carbons (Fsp3) is 0.188. The number of anilines is 1. The number of rotatable bonds is 6. The minimum Gasteiger partial charge on any atom is -0.494 e. The maximum absolute atomic E-state index is 12.7. The second-order valence-corrected chi connectivity index (χ2v) is 4.28. The number of halogens is 1. The average molecular weight is 270 g/mol. The van der Waals surface area contributed by atoms with Crippen LogP contribution >= 0.6 is 0 Å². The number of ether oxygens (including phenoxy) is 1. The van der Waals surface area contributed by atoms with Gasteiger partial charge in [-0.05, 0) is 48.9 Å². The smallest absolute Gasteiger partial charge is 0.123 e. The quantitative estimate of drug-likeness (QED) is 0.816. The molecule has 0 fully saturated rings. The van der Waals surface area contributed by atoms with Crippen molar-refractivity contribution < 1.29 is 9.13 Å². The highest BCUT2D eigenvalue weighted by Gasteiger charge is 1.96. The molecule has 0 radical (unpaired) electrons. The van der Waals surface area contributed by atoms with Gasteiger partial charge in [-0.25, -0.2) is 4.39 Å². The second-order valence-electron chi connectivity index (χ2n) is 4.28. The minimum atomic E-state index is -0.267. The van der Waals surface area contributed by atoms with E-state index in [9.17, 15) is 4.39 Å². The monoisotopic (exact) mass is 270 g/mol. The first-order valence-corrected chi connectivity index (χ1v) is 6.40. The molecule has 0 bridgehead atoms. The van der Waals surface area contributed by atoms with Gasteiger partial charge in [0.1, 0.15) is 11.6 Å². The van der Waals surface area contributed by atoms with Crippen molar-refractivity contribution in [3.05, 3.63) is 59.9 Å². The van der Waals surface area contributed by atoms with Gasteiger partial charge >= 0.3 is 0 Å². The van der Waals surface area contributed by atoms with Crippen LogP contribution in [0.1, 0.15) is 12.0 Å². The van der Waals surface area contributed by atoms with E-state index in [4.69, 9.17) is 10.00 Å². The van der Waals surface area contributed by atoms with E-state index in [-0.39, 0.29) is 5.82 Å². The zero-order chi connectivity index (χ0) is 14.2. The number of hydrogen-bond acceptors (Lipinski definition) is 3. The summed E-state index contributed by atoms with van der Waals surface area (Å²) in [6.07, 6.45) is 0.814. The number of nitrogens with one attached hydrogen (secondary N) is 1. The summed E-state index contributed by atoms with van der Waals surface area (Å²) in [4.78, 5) is 0. The average Bonchev–Trinajstić information content (AvgIpc) is 2.49. The highest BCUT2D eigenvalue weighted by atomic mass is 19.1. The lowest BCUT2D eigenvalue weighted by Crippen LogP contribution is -2.07. The molecular formula is C16H15FN2O. The van der Waals surface area contributed by atoms with E-state index in [0.717, 1.165) is 18.7 Å². The first-order chi connectivity index (χ1) is 9.78. The first kappa shape index (κ1) is 13.9. The Labute approximate surface area is 117 Å². The molecule has 0 heterocycles. The summed E-state index contributed by atoms with van der Waals surface area (Å²) in [5.41, 5.74) is 1.56. The van der Waals surface area contributed by atoms with Crippen molar-refractivity contribution >= 4 is 5.69 Å². The molecule has 3 nitrogen and oxygen atoms in total. The van der Waals surface area contributed by atoms with Crippen LogP contribution in [0.25, 0.3) is 0 Å². The van der Waals surface area contributed by atoms with Gasteiger partial charge in [-0.15, -0.1) is 0 Å². The SMILES string of the molecule is N#Cc1cccc(NCCCOc2ccc(F)cc2)c1. The summed E-state index contributed by atoms with van der Waals surface area (Å²) in [6, 6.07) is 15.4. The summed E-state index contributed by atoms with van der Waals surface area (Å²) in [5, 5.41) is 12.0. The first-order valence-electron chi connectivity index (χ1n) is 6.40. The van der Waals surface area contributed by atoms with Crippen LogP contribution in [-0.2, 0) is 0 Å². The lowest BCUT2D eigenvalue weighted by Gasteiger charge is -2.08. The van der Waals surface area contributed by atoms with Crippen LogP contribution in [0, 0.1) is 17.1 Å². The Kier molecular flexibility index (Phi) is 4.96. The van der Waals surface area contributed by atoms with E-state index in [0.29, 0.717) is 17.9 Å². The number of hydrogen-bond donors (Lipinski definition) is 1. The summed E-state index contributed by atoms with van der Waals surface area (Å²) >= 11 is 0. The molecule has 0 atom stereocenters. The van der Waals surface area contributed by atoms with Crippen molar-refractivity contribution in [1.82, 2.24) is 0 Å². The molecule has 0 saturated heterocycles. The fourth-order valence-electron chi connectivity index (χ4n) is 1.72. The van der Waals surface area contributed by atoms with Gasteiger partial charge in [0.25, 0.3) is 0 Å². The molecule has 0 aromatic heterocycles. The lowest BCUT2D eigenvalue weighted by molar-refractivity contribution is 0.314. The molecule has 0 amide bonds. The zero-order valence-electron chi connectivity index (χ0n) is 11.0. The Bertz CT molecular complexity index is 590. The number of nitrogens with zero attached hydrogens (tertiary/aromatic N) is 1. The van der Waals surface area contributed by atoms with Crippen molar-refractivity contribution in [2.45, 2.75) is 6.42 Å². The Morgan fingerprint density at radius 3 is 2.70 bits per heavy atom. The molecule has 20 heavy (non-hydrogen) atoms. The van der Waals surface area contributed by atoms with Crippen LogP contribution in [0.15, 0.2) is 48.5 Å². The molecule has 0 aliphatic heterocycles. The maximum Gasteiger partial charge on any atom is 0.123 e. The Morgan fingerprint density at radius 1 is 1.15 bits per heavy atom. The van der Waals surface area contributed by atoms with Crippen LogP contribution in [0.3, 0.4) is 0 Å². The molecule has 0 saturated carbocycles. The highest BCUT2D eigenvalue weighted by Crippen LogP contribution is 2.12. The zero-order valence-corrected chi connectivity index (χ0v) is 11.0. The van der Waals surface area contributed by atoms with E-state index in [1.807, 2.05) is 12.1 Å². The maximum atomic E-state index is 12.7. The predicted octanol–water partition coefficient (Wildman–Crippen LogP) is 3.58. The van der Waals surface area contributed by atoms with Crippen molar-refractivity contribution in [3.8, 4) is 11.8 Å². The molecule has 0 aliphatic rings. The number of nitriles is 1. The Morgan fingerprint density at radius 2 is 1.95 bits per heavy atom. The van der Waals surface area contributed by atoms with Crippen molar-refractivity contribution in [2.75, 3.05) is 18.5 Å². The van der Waals surface area contributed by atoms with E-state index in [2.05, 4.69) is 11.4 Å². The van der Waals surface area contributed by atoms with Crippen LogP contribution < -0.4 is 10.1 Å². The molecule has 2 aromatic carbocycles. The predicted molar refractivity (Wildman–Crippen MR) is 76.2 cm³/mol. The number of benzene rings is 2.